The fourth-order valence-electron chi connectivity index (χ4n) is 1.45. The van der Waals surface area contributed by atoms with Crippen molar-refractivity contribution in [3.8, 4) is 0 Å². The Balaban J connectivity index is 3.08. The minimum atomic E-state index is -4.54. The number of benzene rings is 1. The van der Waals surface area contributed by atoms with Gasteiger partial charge in [0.15, 0.2) is 11.2 Å². The second kappa shape index (κ2) is 5.62. The predicted molar refractivity (Wildman–Crippen MR) is 64.0 cm³/mol. The minimum Gasteiger partial charge on any atom is -0.300 e. The van der Waals surface area contributed by atoms with Gasteiger partial charge in [0.05, 0.1) is 12.8 Å². The lowest BCUT2D eigenvalue weighted by molar-refractivity contribution is -0.111. The lowest BCUT2D eigenvalue weighted by Crippen LogP contribution is -2.46. The van der Waals surface area contributed by atoms with Gasteiger partial charge in [0, 0.05) is 0 Å². The van der Waals surface area contributed by atoms with Crippen molar-refractivity contribution in [1.82, 2.24) is 0 Å². The molecule has 3 nitrogen and oxygen atoms in total. The van der Waals surface area contributed by atoms with Crippen LogP contribution in [-0.2, 0) is 9.63 Å². The van der Waals surface area contributed by atoms with Gasteiger partial charge in [-0.15, -0.1) is 0 Å². The van der Waals surface area contributed by atoms with E-state index in [1.807, 2.05) is 0 Å². The molecular weight excluding hydrogens is 267 g/mol. The molecule has 100 valence electrons. The van der Waals surface area contributed by atoms with E-state index >= 15 is 0 Å². The van der Waals surface area contributed by atoms with Gasteiger partial charge in [0.1, 0.15) is 0 Å². The van der Waals surface area contributed by atoms with Crippen LogP contribution in [0.15, 0.2) is 30.3 Å². The van der Waals surface area contributed by atoms with Crippen LogP contribution < -0.4 is 5.06 Å². The molecule has 0 aliphatic carbocycles. The molecule has 0 saturated carbocycles. The lowest BCUT2D eigenvalue weighted by atomic mass is 10.2. The van der Waals surface area contributed by atoms with Crippen molar-refractivity contribution in [3.05, 3.63) is 30.3 Å². The van der Waals surface area contributed by atoms with Crippen molar-refractivity contribution in [1.29, 1.82) is 0 Å². The molecule has 1 atom stereocenters. The molecule has 18 heavy (non-hydrogen) atoms. The Labute approximate surface area is 107 Å². The number of hydroxylamine groups is 1. The Kier molecular flexibility index (Phi) is 4.64. The molecule has 0 radical (unpaired) electrons. The van der Waals surface area contributed by atoms with Gasteiger partial charge in [-0.1, -0.05) is 18.2 Å². The van der Waals surface area contributed by atoms with Gasteiger partial charge in [-0.25, -0.2) is 5.06 Å². The van der Waals surface area contributed by atoms with Crippen LogP contribution in [0.2, 0.25) is 0 Å². The van der Waals surface area contributed by atoms with Crippen LogP contribution in [-0.4, -0.2) is 23.8 Å². The first-order valence-electron chi connectivity index (χ1n) is 4.95. The van der Waals surface area contributed by atoms with E-state index in [4.69, 9.17) is 4.84 Å². The highest BCUT2D eigenvalue weighted by molar-refractivity contribution is 8.02. The number of aldehydes is 1. The molecule has 7 heteroatoms. The van der Waals surface area contributed by atoms with E-state index in [1.54, 1.807) is 30.3 Å². The molecule has 0 bridgehead atoms. The molecule has 1 rings (SSSR count). The van der Waals surface area contributed by atoms with Crippen molar-refractivity contribution >= 4 is 23.7 Å². The number of thioether (sulfide) groups is 1. The van der Waals surface area contributed by atoms with Crippen LogP contribution in [0.25, 0.3) is 0 Å². The summed E-state index contributed by atoms with van der Waals surface area (Å²) in [4.78, 5) is 14.1. The van der Waals surface area contributed by atoms with Gasteiger partial charge >= 0.3 is 5.51 Å². The van der Waals surface area contributed by atoms with E-state index in [0.29, 0.717) is 5.69 Å². The number of carbonyl (C=O) groups is 1. The maximum Gasteiger partial charge on any atom is 0.444 e. The van der Waals surface area contributed by atoms with E-state index in [2.05, 4.69) is 0 Å². The average Bonchev–Trinajstić information content (AvgIpc) is 2.29. The molecule has 1 aromatic carbocycles. The summed E-state index contributed by atoms with van der Waals surface area (Å²) in [5.41, 5.74) is -4.17. The first-order valence-corrected chi connectivity index (χ1v) is 5.76. The largest absolute Gasteiger partial charge is 0.444 e. The molecule has 1 aromatic rings. The smallest absolute Gasteiger partial charge is 0.300 e. The fraction of sp³-hybridized carbons (Fsp3) is 0.364. The lowest BCUT2D eigenvalue weighted by Gasteiger charge is -2.36. The van der Waals surface area contributed by atoms with Gasteiger partial charge in [0.25, 0.3) is 0 Å². The molecule has 0 aliphatic heterocycles. The maximum absolute atomic E-state index is 12.5. The number of carbonyl (C=O) groups excluding carboxylic acids is 1. The van der Waals surface area contributed by atoms with Crippen molar-refractivity contribution in [2.45, 2.75) is 17.3 Å². The van der Waals surface area contributed by atoms with Crippen LogP contribution in [0.4, 0.5) is 18.9 Å². The van der Waals surface area contributed by atoms with Crippen molar-refractivity contribution < 1.29 is 22.8 Å². The van der Waals surface area contributed by atoms with Gasteiger partial charge in [-0.3, -0.25) is 9.63 Å². The van der Waals surface area contributed by atoms with Crippen LogP contribution in [0, 0.1) is 0 Å². The summed E-state index contributed by atoms with van der Waals surface area (Å²) in [6, 6.07) is 8.12. The number of halogens is 3. The van der Waals surface area contributed by atoms with E-state index in [0.717, 1.165) is 12.0 Å². The third kappa shape index (κ3) is 3.64. The van der Waals surface area contributed by atoms with Gasteiger partial charge in [-0.05, 0) is 30.8 Å². The number of alkyl halides is 3. The van der Waals surface area contributed by atoms with Crippen LogP contribution >= 0.6 is 11.8 Å². The second-order valence-corrected chi connectivity index (χ2v) is 5.03. The van der Waals surface area contributed by atoms with Crippen molar-refractivity contribution in [2.24, 2.45) is 0 Å². The van der Waals surface area contributed by atoms with E-state index < -0.39 is 22.1 Å². The average molecular weight is 279 g/mol. The number of nitrogens with zero attached hydrogens (tertiary/aromatic N) is 1. The Morgan fingerprint density at radius 1 is 1.28 bits per heavy atom. The maximum atomic E-state index is 12.5. The molecule has 0 N–H and O–H groups in total. The van der Waals surface area contributed by atoms with Gasteiger partial charge in [0.2, 0.25) is 0 Å². The molecule has 0 heterocycles. The molecule has 0 saturated heterocycles. The first kappa shape index (κ1) is 14.8. The highest BCUT2D eigenvalue weighted by atomic mass is 32.2. The summed E-state index contributed by atoms with van der Waals surface area (Å²) < 4.78 is 37.4. The first-order chi connectivity index (χ1) is 8.32. The monoisotopic (exact) mass is 279 g/mol. The van der Waals surface area contributed by atoms with E-state index in [9.17, 15) is 18.0 Å². The zero-order valence-electron chi connectivity index (χ0n) is 9.77. The summed E-state index contributed by atoms with van der Waals surface area (Å²) in [7, 11) is 1.21. The Bertz CT molecular complexity index is 399. The Hall–Kier alpha value is -1.21. The quantitative estimate of drug-likeness (QED) is 0.470. The third-order valence-electron chi connectivity index (χ3n) is 2.12. The molecule has 0 amide bonds. The fourth-order valence-corrected chi connectivity index (χ4v) is 2.23. The minimum absolute atomic E-state index is 0.210. The number of para-hydroxylation sites is 1. The number of hydrogen-bond donors (Lipinski definition) is 0. The zero-order chi connectivity index (χ0) is 13.8. The summed E-state index contributed by atoms with van der Waals surface area (Å²) >= 11 is -0.435. The van der Waals surface area contributed by atoms with Gasteiger partial charge in [-0.2, -0.15) is 13.2 Å². The van der Waals surface area contributed by atoms with Crippen molar-refractivity contribution in [3.63, 3.8) is 0 Å². The number of rotatable bonds is 5. The van der Waals surface area contributed by atoms with Crippen LogP contribution in [0.5, 0.6) is 0 Å². The molecule has 0 fully saturated rings. The Morgan fingerprint density at radius 2 is 1.83 bits per heavy atom. The summed E-state index contributed by atoms with van der Waals surface area (Å²) in [6.07, 6.45) is 0.210. The molecule has 0 aromatic heterocycles. The van der Waals surface area contributed by atoms with Crippen LogP contribution in [0.3, 0.4) is 0 Å². The SMILES string of the molecule is CON(c1ccccc1)[C@@](C)(C=O)SC(F)(F)F. The third-order valence-corrected chi connectivity index (χ3v) is 3.02. The highest BCUT2D eigenvalue weighted by Crippen LogP contribution is 2.42. The summed E-state index contributed by atoms with van der Waals surface area (Å²) in [6.45, 7) is 1.15. The summed E-state index contributed by atoms with van der Waals surface area (Å²) in [5.74, 6) is 0. The van der Waals surface area contributed by atoms with Crippen LogP contribution in [0.1, 0.15) is 6.92 Å². The molecule has 0 aliphatic rings. The van der Waals surface area contributed by atoms with E-state index in [1.165, 1.54) is 7.11 Å². The topological polar surface area (TPSA) is 29.5 Å². The standard InChI is InChI=1S/C11H12F3NO2S/c1-10(8-16,18-11(12,13)14)15(17-2)9-6-4-3-5-7-9/h3-8H,1-2H3/t10-/m1/s1. The van der Waals surface area contributed by atoms with Crippen molar-refractivity contribution in [2.75, 3.05) is 12.2 Å². The zero-order valence-corrected chi connectivity index (χ0v) is 10.6. The van der Waals surface area contributed by atoms with E-state index in [-0.39, 0.29) is 6.29 Å². The number of hydrogen-bond acceptors (Lipinski definition) is 4. The predicted octanol–water partition coefficient (Wildman–Crippen LogP) is 3.22. The van der Waals surface area contributed by atoms with Gasteiger partial charge < -0.3 is 0 Å². The molecular formula is C11H12F3NO2S. The molecule has 0 spiro atoms. The normalized spacial score (nSPS) is 14.9. The second-order valence-electron chi connectivity index (χ2n) is 3.53. The number of anilines is 1. The highest BCUT2D eigenvalue weighted by Gasteiger charge is 2.45. The Morgan fingerprint density at radius 3 is 2.22 bits per heavy atom. The molecule has 0 unspecified atom stereocenters. The summed E-state index contributed by atoms with van der Waals surface area (Å²) in [5, 5.41) is 0.929.